The van der Waals surface area contributed by atoms with Crippen molar-refractivity contribution in [3.63, 3.8) is 0 Å². The summed E-state index contributed by atoms with van der Waals surface area (Å²) in [5.41, 5.74) is 1.19. The highest BCUT2D eigenvalue weighted by Gasteiger charge is 2.26. The van der Waals surface area contributed by atoms with Crippen molar-refractivity contribution in [1.29, 1.82) is 0 Å². The molecule has 1 atom stereocenters. The van der Waals surface area contributed by atoms with Crippen LogP contribution in [0.3, 0.4) is 0 Å². The molecule has 0 bridgehead atoms. The van der Waals surface area contributed by atoms with Crippen LogP contribution in [0.5, 0.6) is 0 Å². The maximum absolute atomic E-state index is 11.5. The van der Waals surface area contributed by atoms with Crippen LogP contribution in [0.1, 0.15) is 18.4 Å². The first kappa shape index (κ1) is 12.0. The van der Waals surface area contributed by atoms with E-state index in [1.807, 2.05) is 12.3 Å². The van der Waals surface area contributed by atoms with Gasteiger partial charge in [-0.1, -0.05) is 6.07 Å². The lowest BCUT2D eigenvalue weighted by atomic mass is 9.98. The van der Waals surface area contributed by atoms with Crippen molar-refractivity contribution in [2.45, 2.75) is 19.4 Å². The van der Waals surface area contributed by atoms with E-state index in [-0.39, 0.29) is 11.9 Å². The average Bonchev–Trinajstić information content (AvgIpc) is 2.39. The number of likely N-dealkylation sites (tertiary alicyclic amines) is 1. The molecular weight excluding hydrogens is 216 g/mol. The van der Waals surface area contributed by atoms with Crippen LogP contribution in [0.25, 0.3) is 0 Å². The fourth-order valence-corrected chi connectivity index (χ4v) is 2.31. The van der Waals surface area contributed by atoms with Crippen LogP contribution in [0, 0.1) is 5.92 Å². The lowest BCUT2D eigenvalue weighted by Crippen LogP contribution is -2.38. The predicted octanol–water partition coefficient (Wildman–Crippen LogP) is 1.47. The van der Waals surface area contributed by atoms with Crippen LogP contribution < -0.4 is 0 Å². The largest absolute Gasteiger partial charge is 0.469 e. The van der Waals surface area contributed by atoms with Crippen molar-refractivity contribution in [3.8, 4) is 0 Å². The molecule has 0 saturated carbocycles. The molecule has 4 nitrogen and oxygen atoms in total. The van der Waals surface area contributed by atoms with Gasteiger partial charge < -0.3 is 4.74 Å². The topological polar surface area (TPSA) is 42.4 Å². The lowest BCUT2D eigenvalue weighted by Gasteiger charge is -2.31. The zero-order valence-electron chi connectivity index (χ0n) is 10.1. The lowest BCUT2D eigenvalue weighted by molar-refractivity contribution is -0.147. The SMILES string of the molecule is COC(=O)[C@H]1CCCN(Cc2cccnc2)C1. The van der Waals surface area contributed by atoms with Crippen LogP contribution in [0.4, 0.5) is 0 Å². The first-order valence-corrected chi connectivity index (χ1v) is 5.98. The third-order valence-electron chi connectivity index (χ3n) is 3.17. The smallest absolute Gasteiger partial charge is 0.309 e. The molecule has 0 aromatic carbocycles. The van der Waals surface area contributed by atoms with E-state index in [9.17, 15) is 4.79 Å². The highest BCUT2D eigenvalue weighted by molar-refractivity contribution is 5.72. The molecule has 0 N–H and O–H groups in total. The standard InChI is InChI=1S/C13H18N2O2/c1-17-13(16)12-5-3-7-15(10-12)9-11-4-2-6-14-8-11/h2,4,6,8,12H,3,5,7,9-10H2,1H3/t12-/m0/s1. The number of carbonyl (C=O) groups excluding carboxylic acids is 1. The molecule has 2 heterocycles. The van der Waals surface area contributed by atoms with Crippen molar-refractivity contribution in [3.05, 3.63) is 30.1 Å². The molecule has 0 unspecified atom stereocenters. The number of nitrogens with zero attached hydrogens (tertiary/aromatic N) is 2. The number of rotatable bonds is 3. The summed E-state index contributed by atoms with van der Waals surface area (Å²) >= 11 is 0. The molecule has 0 amide bonds. The fourth-order valence-electron chi connectivity index (χ4n) is 2.31. The van der Waals surface area contributed by atoms with Crippen molar-refractivity contribution in [1.82, 2.24) is 9.88 Å². The molecule has 0 spiro atoms. The summed E-state index contributed by atoms with van der Waals surface area (Å²) in [5, 5.41) is 0. The van der Waals surface area contributed by atoms with Crippen LogP contribution in [0.2, 0.25) is 0 Å². The Morgan fingerprint density at radius 3 is 3.24 bits per heavy atom. The Hall–Kier alpha value is -1.42. The number of piperidine rings is 1. The summed E-state index contributed by atoms with van der Waals surface area (Å²) < 4.78 is 4.81. The molecule has 1 aromatic heterocycles. The number of ether oxygens (including phenoxy) is 1. The van der Waals surface area contributed by atoms with Gasteiger partial charge in [-0.05, 0) is 31.0 Å². The normalized spacial score (nSPS) is 21.1. The van der Waals surface area contributed by atoms with E-state index < -0.39 is 0 Å². The van der Waals surface area contributed by atoms with E-state index >= 15 is 0 Å². The summed E-state index contributed by atoms with van der Waals surface area (Å²) in [7, 11) is 1.46. The summed E-state index contributed by atoms with van der Waals surface area (Å²) in [6, 6.07) is 4.01. The molecule has 17 heavy (non-hydrogen) atoms. The molecule has 2 rings (SSSR count). The second-order valence-corrected chi connectivity index (χ2v) is 4.46. The number of methoxy groups -OCH3 is 1. The minimum absolute atomic E-state index is 0.0328. The summed E-state index contributed by atoms with van der Waals surface area (Å²) in [4.78, 5) is 17.9. The molecular formula is C13H18N2O2. The van der Waals surface area contributed by atoms with Crippen LogP contribution in [-0.4, -0.2) is 36.1 Å². The first-order chi connectivity index (χ1) is 8.29. The molecule has 1 aliphatic rings. The van der Waals surface area contributed by atoms with E-state index in [1.165, 1.54) is 12.7 Å². The Kier molecular flexibility index (Phi) is 4.09. The molecule has 4 heteroatoms. The minimum Gasteiger partial charge on any atom is -0.469 e. The van der Waals surface area contributed by atoms with Crippen molar-refractivity contribution in [2.24, 2.45) is 5.92 Å². The van der Waals surface area contributed by atoms with Gasteiger partial charge in [0.15, 0.2) is 0 Å². The second-order valence-electron chi connectivity index (χ2n) is 4.46. The molecule has 1 fully saturated rings. The number of carbonyl (C=O) groups is 1. The van der Waals surface area contributed by atoms with Gasteiger partial charge in [-0.25, -0.2) is 0 Å². The number of aromatic nitrogens is 1. The molecule has 1 saturated heterocycles. The van der Waals surface area contributed by atoms with Crippen molar-refractivity contribution >= 4 is 5.97 Å². The zero-order chi connectivity index (χ0) is 12.1. The van der Waals surface area contributed by atoms with Crippen LogP contribution in [-0.2, 0) is 16.1 Å². The van der Waals surface area contributed by atoms with Crippen LogP contribution in [0.15, 0.2) is 24.5 Å². The monoisotopic (exact) mass is 234 g/mol. The maximum atomic E-state index is 11.5. The first-order valence-electron chi connectivity index (χ1n) is 5.98. The molecule has 92 valence electrons. The van der Waals surface area contributed by atoms with E-state index in [2.05, 4.69) is 16.0 Å². The zero-order valence-corrected chi connectivity index (χ0v) is 10.1. The maximum Gasteiger partial charge on any atom is 0.309 e. The minimum atomic E-state index is -0.0825. The van der Waals surface area contributed by atoms with Gasteiger partial charge in [-0.15, -0.1) is 0 Å². The number of hydrogen-bond donors (Lipinski definition) is 0. The Labute approximate surface area is 102 Å². The fraction of sp³-hybridized carbons (Fsp3) is 0.538. The predicted molar refractivity (Wildman–Crippen MR) is 64.3 cm³/mol. The summed E-state index contributed by atoms with van der Waals surface area (Å²) in [6.07, 6.45) is 5.65. The Morgan fingerprint density at radius 1 is 1.65 bits per heavy atom. The van der Waals surface area contributed by atoms with Crippen LogP contribution >= 0.6 is 0 Å². The van der Waals surface area contributed by atoms with Gasteiger partial charge in [-0.2, -0.15) is 0 Å². The van der Waals surface area contributed by atoms with Gasteiger partial charge in [-0.3, -0.25) is 14.7 Å². The van der Waals surface area contributed by atoms with Crippen molar-refractivity contribution < 1.29 is 9.53 Å². The van der Waals surface area contributed by atoms with E-state index in [1.54, 1.807) is 6.20 Å². The quantitative estimate of drug-likeness (QED) is 0.743. The summed E-state index contributed by atoms with van der Waals surface area (Å²) in [6.45, 7) is 2.70. The van der Waals surface area contributed by atoms with E-state index in [0.29, 0.717) is 0 Å². The number of hydrogen-bond acceptors (Lipinski definition) is 4. The van der Waals surface area contributed by atoms with Gasteiger partial charge in [0.05, 0.1) is 13.0 Å². The molecule has 1 aliphatic heterocycles. The van der Waals surface area contributed by atoms with Gasteiger partial charge in [0.25, 0.3) is 0 Å². The third kappa shape index (κ3) is 3.27. The number of pyridine rings is 1. The van der Waals surface area contributed by atoms with Gasteiger partial charge in [0, 0.05) is 25.5 Å². The van der Waals surface area contributed by atoms with E-state index in [0.717, 1.165) is 32.5 Å². The Morgan fingerprint density at radius 2 is 2.53 bits per heavy atom. The molecule has 1 aromatic rings. The highest BCUT2D eigenvalue weighted by Crippen LogP contribution is 2.19. The summed E-state index contributed by atoms with van der Waals surface area (Å²) in [5.74, 6) is -0.0497. The third-order valence-corrected chi connectivity index (χ3v) is 3.17. The molecule has 0 aliphatic carbocycles. The average molecular weight is 234 g/mol. The highest BCUT2D eigenvalue weighted by atomic mass is 16.5. The second kappa shape index (κ2) is 5.77. The van der Waals surface area contributed by atoms with Crippen molar-refractivity contribution in [2.75, 3.05) is 20.2 Å². The van der Waals surface area contributed by atoms with E-state index in [4.69, 9.17) is 4.74 Å². The number of esters is 1. The Balaban J connectivity index is 1.92. The Bertz CT molecular complexity index is 367. The van der Waals surface area contributed by atoms with Gasteiger partial charge >= 0.3 is 5.97 Å². The van der Waals surface area contributed by atoms with Gasteiger partial charge in [0.2, 0.25) is 0 Å². The van der Waals surface area contributed by atoms with Gasteiger partial charge in [0.1, 0.15) is 0 Å². The molecule has 0 radical (unpaired) electrons.